The lowest BCUT2D eigenvalue weighted by atomic mass is 10.1. The quantitative estimate of drug-likeness (QED) is 0.662. The molecular formula is C20H18BrNO2. The molecule has 0 fully saturated rings. The van der Waals surface area contributed by atoms with Gasteiger partial charge in [-0.2, -0.15) is 0 Å². The van der Waals surface area contributed by atoms with Gasteiger partial charge in [0.2, 0.25) is 0 Å². The minimum Gasteiger partial charge on any atom is -0.480 e. The van der Waals surface area contributed by atoms with Crippen LogP contribution in [-0.2, 0) is 4.79 Å². The molecule has 3 nitrogen and oxygen atoms in total. The van der Waals surface area contributed by atoms with Crippen LogP contribution >= 0.6 is 15.9 Å². The number of hydrogen-bond donors (Lipinski definition) is 1. The fourth-order valence-electron chi connectivity index (χ4n) is 2.51. The average molecular weight is 384 g/mol. The lowest BCUT2D eigenvalue weighted by Crippen LogP contribution is -2.30. The fourth-order valence-corrected chi connectivity index (χ4v) is 2.76. The van der Waals surface area contributed by atoms with E-state index in [-0.39, 0.29) is 5.91 Å². The van der Waals surface area contributed by atoms with E-state index in [1.54, 1.807) is 6.92 Å². The van der Waals surface area contributed by atoms with Crippen LogP contribution in [0.3, 0.4) is 0 Å². The van der Waals surface area contributed by atoms with Crippen molar-refractivity contribution in [2.24, 2.45) is 0 Å². The predicted molar refractivity (Wildman–Crippen MR) is 102 cm³/mol. The lowest BCUT2D eigenvalue weighted by Gasteiger charge is -2.16. The van der Waals surface area contributed by atoms with Crippen molar-refractivity contribution < 1.29 is 9.53 Å². The minimum absolute atomic E-state index is 0.176. The molecule has 0 aliphatic carbocycles. The van der Waals surface area contributed by atoms with Crippen LogP contribution in [0.1, 0.15) is 12.5 Å². The molecule has 1 atom stereocenters. The number of hydrogen-bond acceptors (Lipinski definition) is 2. The van der Waals surface area contributed by atoms with Gasteiger partial charge in [0, 0.05) is 15.5 Å². The number of carbonyl (C=O) groups is 1. The molecule has 24 heavy (non-hydrogen) atoms. The van der Waals surface area contributed by atoms with Gasteiger partial charge < -0.3 is 10.1 Å². The Morgan fingerprint density at radius 2 is 1.83 bits per heavy atom. The van der Waals surface area contributed by atoms with Crippen molar-refractivity contribution in [3.05, 3.63) is 70.7 Å². The topological polar surface area (TPSA) is 38.3 Å². The Kier molecular flexibility index (Phi) is 4.86. The third-order valence-corrected chi connectivity index (χ3v) is 4.74. The Balaban J connectivity index is 1.75. The number of amides is 1. The Morgan fingerprint density at radius 1 is 1.08 bits per heavy atom. The van der Waals surface area contributed by atoms with Gasteiger partial charge in [-0.25, -0.2) is 0 Å². The summed E-state index contributed by atoms with van der Waals surface area (Å²) in [5.74, 6) is 0.535. The summed E-state index contributed by atoms with van der Waals surface area (Å²) in [6.07, 6.45) is -0.597. The standard InChI is InChI=1S/C20H18BrNO2/c1-13-12-16(10-11-18(13)21)22-20(23)14(2)24-19-9-5-7-15-6-3-4-8-17(15)19/h3-12,14H,1-2H3,(H,22,23). The Labute approximate surface area is 149 Å². The fraction of sp³-hybridized carbons (Fsp3) is 0.150. The molecule has 1 N–H and O–H groups in total. The molecule has 122 valence electrons. The molecule has 0 radical (unpaired) electrons. The van der Waals surface area contributed by atoms with E-state index in [1.165, 1.54) is 0 Å². The van der Waals surface area contributed by atoms with E-state index in [2.05, 4.69) is 21.2 Å². The molecule has 4 heteroatoms. The molecule has 1 unspecified atom stereocenters. The summed E-state index contributed by atoms with van der Waals surface area (Å²) in [4.78, 5) is 12.4. The van der Waals surface area contributed by atoms with Gasteiger partial charge in [-0.1, -0.05) is 52.3 Å². The summed E-state index contributed by atoms with van der Waals surface area (Å²) < 4.78 is 6.91. The average Bonchev–Trinajstić information content (AvgIpc) is 2.58. The number of halogens is 1. The van der Waals surface area contributed by atoms with Crippen molar-refractivity contribution in [1.82, 2.24) is 0 Å². The van der Waals surface area contributed by atoms with Crippen LogP contribution in [0.2, 0.25) is 0 Å². The molecule has 3 aromatic rings. The molecule has 0 aromatic heterocycles. The molecule has 0 bridgehead atoms. The monoisotopic (exact) mass is 383 g/mol. The van der Waals surface area contributed by atoms with Gasteiger partial charge in [-0.15, -0.1) is 0 Å². The highest BCUT2D eigenvalue weighted by Crippen LogP contribution is 2.26. The van der Waals surface area contributed by atoms with Crippen LogP contribution in [0.4, 0.5) is 5.69 Å². The largest absolute Gasteiger partial charge is 0.480 e. The van der Waals surface area contributed by atoms with Gasteiger partial charge in [0.25, 0.3) is 5.91 Å². The van der Waals surface area contributed by atoms with Crippen LogP contribution in [-0.4, -0.2) is 12.0 Å². The first-order chi connectivity index (χ1) is 11.5. The zero-order valence-corrected chi connectivity index (χ0v) is 15.1. The summed E-state index contributed by atoms with van der Waals surface area (Å²) in [6, 6.07) is 19.5. The molecule has 0 spiro atoms. The van der Waals surface area contributed by atoms with Crippen molar-refractivity contribution in [3.63, 3.8) is 0 Å². The van der Waals surface area contributed by atoms with E-state index in [1.807, 2.05) is 67.6 Å². The maximum atomic E-state index is 12.4. The van der Waals surface area contributed by atoms with Crippen molar-refractivity contribution in [2.45, 2.75) is 20.0 Å². The number of ether oxygens (including phenoxy) is 1. The number of aryl methyl sites for hydroxylation is 1. The highest BCUT2D eigenvalue weighted by Gasteiger charge is 2.16. The number of anilines is 1. The Hall–Kier alpha value is -2.33. The third kappa shape index (κ3) is 3.60. The second-order valence-corrected chi connectivity index (χ2v) is 6.54. The number of benzene rings is 3. The van der Waals surface area contributed by atoms with Gasteiger partial charge in [0.1, 0.15) is 5.75 Å². The molecular weight excluding hydrogens is 366 g/mol. The zero-order valence-electron chi connectivity index (χ0n) is 13.5. The van der Waals surface area contributed by atoms with Gasteiger partial charge in [-0.3, -0.25) is 4.79 Å². The zero-order chi connectivity index (χ0) is 17.1. The minimum atomic E-state index is -0.597. The van der Waals surface area contributed by atoms with Crippen molar-refractivity contribution in [2.75, 3.05) is 5.32 Å². The normalized spacial score (nSPS) is 12.0. The van der Waals surface area contributed by atoms with E-state index in [4.69, 9.17) is 4.74 Å². The van der Waals surface area contributed by atoms with Gasteiger partial charge in [0.05, 0.1) is 0 Å². The summed E-state index contributed by atoms with van der Waals surface area (Å²) >= 11 is 3.45. The first kappa shape index (κ1) is 16.5. The Morgan fingerprint density at radius 3 is 2.62 bits per heavy atom. The lowest BCUT2D eigenvalue weighted by molar-refractivity contribution is -0.122. The maximum Gasteiger partial charge on any atom is 0.265 e. The predicted octanol–water partition coefficient (Wildman–Crippen LogP) is 5.32. The molecule has 3 rings (SSSR count). The first-order valence-corrected chi connectivity index (χ1v) is 8.55. The molecule has 0 aliphatic rings. The van der Waals surface area contributed by atoms with Crippen LogP contribution in [0, 0.1) is 6.92 Å². The molecule has 1 amide bonds. The van der Waals surface area contributed by atoms with Gasteiger partial charge in [-0.05, 0) is 49.1 Å². The molecule has 0 saturated heterocycles. The van der Waals surface area contributed by atoms with E-state index >= 15 is 0 Å². The number of nitrogens with one attached hydrogen (secondary N) is 1. The van der Waals surface area contributed by atoms with Gasteiger partial charge in [0.15, 0.2) is 6.10 Å². The molecule has 0 heterocycles. The van der Waals surface area contributed by atoms with Crippen molar-refractivity contribution in [1.29, 1.82) is 0 Å². The summed E-state index contributed by atoms with van der Waals surface area (Å²) in [7, 11) is 0. The van der Waals surface area contributed by atoms with Crippen LogP contribution in [0.15, 0.2) is 65.1 Å². The smallest absolute Gasteiger partial charge is 0.265 e. The summed E-state index contributed by atoms with van der Waals surface area (Å²) in [6.45, 7) is 3.73. The van der Waals surface area contributed by atoms with E-state index in [9.17, 15) is 4.79 Å². The second kappa shape index (κ2) is 7.05. The van der Waals surface area contributed by atoms with E-state index < -0.39 is 6.10 Å². The number of fused-ring (bicyclic) bond motifs is 1. The number of carbonyl (C=O) groups excluding carboxylic acids is 1. The highest BCUT2D eigenvalue weighted by atomic mass is 79.9. The summed E-state index contributed by atoms with van der Waals surface area (Å²) in [5.41, 5.74) is 1.82. The third-order valence-electron chi connectivity index (χ3n) is 3.85. The van der Waals surface area contributed by atoms with E-state index in [0.717, 1.165) is 26.5 Å². The summed E-state index contributed by atoms with van der Waals surface area (Å²) in [5, 5.41) is 4.98. The van der Waals surface area contributed by atoms with Crippen LogP contribution in [0.5, 0.6) is 5.75 Å². The molecule has 3 aromatic carbocycles. The first-order valence-electron chi connectivity index (χ1n) is 7.76. The van der Waals surface area contributed by atoms with E-state index in [0.29, 0.717) is 5.75 Å². The molecule has 0 aliphatic heterocycles. The van der Waals surface area contributed by atoms with Crippen LogP contribution < -0.4 is 10.1 Å². The Bertz CT molecular complexity index is 886. The number of rotatable bonds is 4. The second-order valence-electron chi connectivity index (χ2n) is 5.69. The maximum absolute atomic E-state index is 12.4. The van der Waals surface area contributed by atoms with Crippen molar-refractivity contribution in [3.8, 4) is 5.75 Å². The van der Waals surface area contributed by atoms with Crippen molar-refractivity contribution >= 4 is 38.3 Å². The highest BCUT2D eigenvalue weighted by molar-refractivity contribution is 9.10. The van der Waals surface area contributed by atoms with Crippen LogP contribution in [0.25, 0.3) is 10.8 Å². The SMILES string of the molecule is Cc1cc(NC(=O)C(C)Oc2cccc3ccccc23)ccc1Br. The molecule has 0 saturated carbocycles. The van der Waals surface area contributed by atoms with Gasteiger partial charge >= 0.3 is 0 Å².